The monoisotopic (exact) mass is 968 g/mol. The number of quaternary nitrogens is 1. The Morgan fingerprint density at radius 3 is 1.22 bits per heavy atom. The Balaban J connectivity index is 4.08. The van der Waals surface area contributed by atoms with Gasteiger partial charge in [0.05, 0.1) is 39.9 Å². The Bertz CT molecular complexity index is 1140. The molecule has 0 aliphatic carbocycles. The molecule has 0 heterocycles. The van der Waals surface area contributed by atoms with Crippen LogP contribution in [0, 0.1) is 0 Å². The van der Waals surface area contributed by atoms with Crippen molar-refractivity contribution >= 4 is 13.7 Å². The van der Waals surface area contributed by atoms with E-state index >= 15 is 0 Å². The van der Waals surface area contributed by atoms with Crippen LogP contribution in [-0.2, 0) is 18.4 Å². The van der Waals surface area contributed by atoms with Crippen LogP contribution in [0.1, 0.15) is 290 Å². The number of unbranched alkanes of at least 4 members (excludes halogenated alkanes) is 37. The molecule has 398 valence electrons. The molecular weight excluding hydrogens is 852 g/mol. The number of hydrogen-bond acceptors (Lipinski definition) is 5. The van der Waals surface area contributed by atoms with Crippen molar-refractivity contribution in [3.8, 4) is 0 Å². The smallest absolute Gasteiger partial charge is 0.391 e. The van der Waals surface area contributed by atoms with Gasteiger partial charge in [-0.1, -0.05) is 263 Å². The fourth-order valence-electron chi connectivity index (χ4n) is 8.84. The van der Waals surface area contributed by atoms with Crippen molar-refractivity contribution in [2.24, 2.45) is 0 Å². The molecule has 0 aliphatic heterocycles. The SMILES string of the molecule is CCCCCCCCCCC/C=C\C/C=C\CCCCCCCCCCCCCCCC(=O)NC(COP(=O)(O)OCC[N+](C)(C)C)C(O)CCCCCCCCCCCCCCCCCC. The number of aliphatic hydroxyl groups excluding tert-OH is 1. The van der Waals surface area contributed by atoms with Crippen LogP contribution in [0.5, 0.6) is 0 Å². The van der Waals surface area contributed by atoms with Gasteiger partial charge in [-0.15, -0.1) is 0 Å². The zero-order chi connectivity index (χ0) is 49.2. The molecule has 0 spiro atoms. The normalized spacial score (nSPS) is 14.1. The summed E-state index contributed by atoms with van der Waals surface area (Å²) in [5, 5.41) is 14.1. The standard InChI is InChI=1S/C58H115N2O6P/c1-6-8-10-12-14-16-18-20-22-24-25-26-27-28-29-30-31-32-33-34-35-36-38-40-42-44-46-48-50-52-58(62)59-56(55-66-67(63,64)65-54-53-60(3,4)5)57(61)51-49-47-45-43-41-39-37-23-21-19-17-15-13-11-9-7-2/h25-26,28-29,56-57,61H,6-24,27,30-55H2,1-5H3,(H-,59,62,63,64)/p+1/b26-25-,29-28-. The van der Waals surface area contributed by atoms with E-state index in [9.17, 15) is 19.4 Å². The summed E-state index contributed by atoms with van der Waals surface area (Å²) < 4.78 is 23.8. The lowest BCUT2D eigenvalue weighted by atomic mass is 10.0. The van der Waals surface area contributed by atoms with Crippen molar-refractivity contribution in [1.82, 2.24) is 5.32 Å². The lowest BCUT2D eigenvalue weighted by Crippen LogP contribution is -2.46. The van der Waals surface area contributed by atoms with E-state index in [1.165, 1.54) is 218 Å². The van der Waals surface area contributed by atoms with Crippen LogP contribution >= 0.6 is 7.82 Å². The van der Waals surface area contributed by atoms with Crippen LogP contribution in [0.25, 0.3) is 0 Å². The van der Waals surface area contributed by atoms with Gasteiger partial charge in [-0.05, 0) is 44.9 Å². The second-order valence-electron chi connectivity index (χ2n) is 21.4. The van der Waals surface area contributed by atoms with Gasteiger partial charge in [0.1, 0.15) is 13.2 Å². The number of nitrogens with one attached hydrogen (secondary N) is 1. The first-order chi connectivity index (χ1) is 32.5. The second kappa shape index (κ2) is 49.9. The molecule has 0 aromatic carbocycles. The minimum absolute atomic E-state index is 0.0761. The van der Waals surface area contributed by atoms with Gasteiger partial charge in [-0.2, -0.15) is 0 Å². The Kier molecular flexibility index (Phi) is 49.2. The van der Waals surface area contributed by atoms with Gasteiger partial charge >= 0.3 is 7.82 Å². The highest BCUT2D eigenvalue weighted by atomic mass is 31.2. The molecule has 67 heavy (non-hydrogen) atoms. The highest BCUT2D eigenvalue weighted by Gasteiger charge is 2.28. The molecular formula is C58H116N2O6P+. The summed E-state index contributed by atoms with van der Waals surface area (Å²) in [5.41, 5.74) is 0. The number of aliphatic hydroxyl groups is 1. The van der Waals surface area contributed by atoms with E-state index in [-0.39, 0.29) is 19.1 Å². The van der Waals surface area contributed by atoms with E-state index in [1.807, 2.05) is 21.1 Å². The van der Waals surface area contributed by atoms with Crippen molar-refractivity contribution in [2.45, 2.75) is 302 Å². The zero-order valence-electron chi connectivity index (χ0n) is 45.4. The number of carbonyl (C=O) groups is 1. The molecule has 9 heteroatoms. The first-order valence-electron chi connectivity index (χ1n) is 29.2. The quantitative estimate of drug-likeness (QED) is 0.0243. The van der Waals surface area contributed by atoms with Crippen molar-refractivity contribution in [2.75, 3.05) is 40.9 Å². The van der Waals surface area contributed by atoms with Crippen molar-refractivity contribution < 1.29 is 32.9 Å². The summed E-state index contributed by atoms with van der Waals surface area (Å²) in [6.07, 6.45) is 62.3. The van der Waals surface area contributed by atoms with Crippen LogP contribution in [0.4, 0.5) is 0 Å². The van der Waals surface area contributed by atoms with Crippen LogP contribution in [0.15, 0.2) is 24.3 Å². The van der Waals surface area contributed by atoms with Crippen molar-refractivity contribution in [3.63, 3.8) is 0 Å². The number of amides is 1. The fourth-order valence-corrected chi connectivity index (χ4v) is 9.58. The number of rotatable bonds is 54. The number of hydrogen-bond donors (Lipinski definition) is 3. The number of phosphoric ester groups is 1. The van der Waals surface area contributed by atoms with E-state index in [4.69, 9.17) is 9.05 Å². The van der Waals surface area contributed by atoms with Gasteiger partial charge in [-0.3, -0.25) is 13.8 Å². The Hall–Kier alpha value is -1.02. The highest BCUT2D eigenvalue weighted by Crippen LogP contribution is 2.43. The Morgan fingerprint density at radius 2 is 0.851 bits per heavy atom. The molecule has 0 aliphatic rings. The number of allylic oxidation sites excluding steroid dienone is 4. The molecule has 8 nitrogen and oxygen atoms in total. The van der Waals surface area contributed by atoms with E-state index in [0.717, 1.165) is 44.9 Å². The van der Waals surface area contributed by atoms with Gasteiger partial charge in [-0.25, -0.2) is 4.57 Å². The third-order valence-corrected chi connectivity index (χ3v) is 14.4. The molecule has 0 aromatic rings. The molecule has 0 saturated heterocycles. The summed E-state index contributed by atoms with van der Waals surface area (Å²) in [6, 6.07) is -0.759. The Morgan fingerprint density at radius 1 is 0.507 bits per heavy atom. The molecule has 0 bridgehead atoms. The van der Waals surface area contributed by atoms with Crippen molar-refractivity contribution in [1.29, 1.82) is 0 Å². The first kappa shape index (κ1) is 66.0. The second-order valence-corrected chi connectivity index (χ2v) is 22.8. The van der Waals surface area contributed by atoms with Gasteiger partial charge in [0, 0.05) is 6.42 Å². The molecule has 3 N–H and O–H groups in total. The summed E-state index contributed by atoms with van der Waals surface area (Å²) >= 11 is 0. The van der Waals surface area contributed by atoms with Crippen LogP contribution in [0.2, 0.25) is 0 Å². The van der Waals surface area contributed by atoms with E-state index in [1.54, 1.807) is 0 Å². The predicted molar refractivity (Wildman–Crippen MR) is 291 cm³/mol. The number of likely N-dealkylation sites (N-methyl/N-ethyl adjacent to an activating group) is 1. The zero-order valence-corrected chi connectivity index (χ0v) is 46.3. The molecule has 0 rings (SSSR count). The maximum Gasteiger partial charge on any atom is 0.472 e. The lowest BCUT2D eigenvalue weighted by molar-refractivity contribution is -0.870. The Labute approximate surface area is 417 Å². The van der Waals surface area contributed by atoms with Crippen LogP contribution in [-0.4, -0.2) is 73.4 Å². The third-order valence-electron chi connectivity index (χ3n) is 13.5. The van der Waals surface area contributed by atoms with Crippen LogP contribution < -0.4 is 5.32 Å². The molecule has 3 atom stereocenters. The fraction of sp³-hybridized carbons (Fsp3) is 0.914. The highest BCUT2D eigenvalue weighted by molar-refractivity contribution is 7.47. The van der Waals surface area contributed by atoms with E-state index in [0.29, 0.717) is 23.9 Å². The summed E-state index contributed by atoms with van der Waals surface area (Å²) in [7, 11) is 1.63. The average Bonchev–Trinajstić information content (AvgIpc) is 3.29. The van der Waals surface area contributed by atoms with Crippen LogP contribution in [0.3, 0.4) is 0 Å². The largest absolute Gasteiger partial charge is 0.472 e. The summed E-state index contributed by atoms with van der Waals surface area (Å²) in [5.74, 6) is -0.141. The predicted octanol–water partition coefficient (Wildman–Crippen LogP) is 17.6. The maximum atomic E-state index is 13.0. The first-order valence-corrected chi connectivity index (χ1v) is 30.7. The van der Waals surface area contributed by atoms with Gasteiger partial charge < -0.3 is 19.8 Å². The van der Waals surface area contributed by atoms with E-state index in [2.05, 4.69) is 43.5 Å². The van der Waals surface area contributed by atoms with Gasteiger partial charge in [0.15, 0.2) is 0 Å². The van der Waals surface area contributed by atoms with Crippen molar-refractivity contribution in [3.05, 3.63) is 24.3 Å². The maximum absolute atomic E-state index is 13.0. The molecule has 0 aromatic heterocycles. The molecule has 0 fully saturated rings. The number of phosphoric acid groups is 1. The summed E-state index contributed by atoms with van der Waals surface area (Å²) in [6.45, 7) is 4.92. The average molecular weight is 969 g/mol. The molecule has 0 radical (unpaired) electrons. The molecule has 1 amide bonds. The topological polar surface area (TPSA) is 105 Å². The molecule has 0 saturated carbocycles. The third kappa shape index (κ3) is 52.6. The summed E-state index contributed by atoms with van der Waals surface area (Å²) in [4.78, 5) is 23.3. The minimum Gasteiger partial charge on any atom is -0.391 e. The number of carbonyl (C=O) groups excluding carboxylic acids is 1. The van der Waals surface area contributed by atoms with E-state index < -0.39 is 20.0 Å². The van der Waals surface area contributed by atoms with Gasteiger partial charge in [0.2, 0.25) is 5.91 Å². The lowest BCUT2D eigenvalue weighted by Gasteiger charge is -2.26. The number of nitrogens with zero attached hydrogens (tertiary/aromatic N) is 1. The minimum atomic E-state index is -4.32. The molecule has 3 unspecified atom stereocenters. The van der Waals surface area contributed by atoms with Gasteiger partial charge in [0.25, 0.3) is 0 Å².